The summed E-state index contributed by atoms with van der Waals surface area (Å²) in [5.74, 6) is 0.737. The molecular weight excluding hydrogens is 350 g/mol. The van der Waals surface area contributed by atoms with E-state index >= 15 is 0 Å². The summed E-state index contributed by atoms with van der Waals surface area (Å²) in [5, 5.41) is 3.78. The number of nitrogens with one attached hydrogen (secondary N) is 1. The summed E-state index contributed by atoms with van der Waals surface area (Å²) >= 11 is 6.00. The Morgan fingerprint density at radius 3 is 2.46 bits per heavy atom. The molecule has 26 heavy (non-hydrogen) atoms. The molecule has 2 aromatic carbocycles. The van der Waals surface area contributed by atoms with Crippen LogP contribution >= 0.6 is 11.6 Å². The Bertz CT molecular complexity index is 1030. The predicted octanol–water partition coefficient (Wildman–Crippen LogP) is 4.59. The van der Waals surface area contributed by atoms with Gasteiger partial charge in [-0.25, -0.2) is 4.68 Å². The molecule has 0 fully saturated rings. The third kappa shape index (κ3) is 3.44. The molecule has 0 aliphatic heterocycles. The molecule has 0 spiro atoms. The zero-order valence-electron chi connectivity index (χ0n) is 15.1. The number of aromatic amines is 1. The Labute approximate surface area is 156 Å². The second-order valence-electron chi connectivity index (χ2n) is 6.08. The molecule has 6 heteroatoms. The number of benzene rings is 2. The van der Waals surface area contributed by atoms with Gasteiger partial charge in [-0.2, -0.15) is 0 Å². The van der Waals surface area contributed by atoms with Crippen molar-refractivity contribution >= 4 is 23.0 Å². The third-order valence-corrected chi connectivity index (χ3v) is 4.45. The fourth-order valence-corrected chi connectivity index (χ4v) is 3.09. The van der Waals surface area contributed by atoms with E-state index in [4.69, 9.17) is 16.3 Å². The van der Waals surface area contributed by atoms with Crippen LogP contribution in [0.4, 0.5) is 5.69 Å². The van der Waals surface area contributed by atoms with Crippen molar-refractivity contribution in [1.82, 2.24) is 9.78 Å². The average Bonchev–Trinajstić information content (AvgIpc) is 2.92. The van der Waals surface area contributed by atoms with Crippen LogP contribution in [0.1, 0.15) is 23.7 Å². The van der Waals surface area contributed by atoms with E-state index in [1.165, 1.54) is 4.68 Å². The Morgan fingerprint density at radius 1 is 1.15 bits per heavy atom. The number of halogens is 1. The lowest BCUT2D eigenvalue weighted by atomic mass is 10.1. The van der Waals surface area contributed by atoms with E-state index < -0.39 is 0 Å². The molecule has 3 rings (SSSR count). The molecule has 0 unspecified atom stereocenters. The van der Waals surface area contributed by atoms with Crippen LogP contribution in [0.2, 0.25) is 5.02 Å². The summed E-state index contributed by atoms with van der Waals surface area (Å²) in [4.78, 5) is 17.5. The number of H-pyrrole nitrogens is 1. The maximum atomic E-state index is 12.9. The van der Waals surface area contributed by atoms with Gasteiger partial charge in [-0.05, 0) is 68.8 Å². The van der Waals surface area contributed by atoms with Gasteiger partial charge < -0.3 is 4.74 Å². The van der Waals surface area contributed by atoms with Crippen molar-refractivity contribution in [2.24, 2.45) is 4.99 Å². The lowest BCUT2D eigenvalue weighted by molar-refractivity contribution is 0.414. The number of methoxy groups -OCH3 is 1. The van der Waals surface area contributed by atoms with Gasteiger partial charge in [0, 0.05) is 10.7 Å². The van der Waals surface area contributed by atoms with E-state index in [0.29, 0.717) is 16.3 Å². The van der Waals surface area contributed by atoms with Gasteiger partial charge in [-0.1, -0.05) is 11.6 Å². The smallest absolute Gasteiger partial charge is 0.280 e. The molecule has 0 amide bonds. The van der Waals surface area contributed by atoms with E-state index in [1.807, 2.05) is 57.2 Å². The van der Waals surface area contributed by atoms with Crippen LogP contribution in [-0.2, 0) is 0 Å². The number of nitrogens with zero attached hydrogens (tertiary/aromatic N) is 2. The first-order chi connectivity index (χ1) is 12.4. The molecule has 134 valence electrons. The van der Waals surface area contributed by atoms with E-state index in [0.717, 1.165) is 28.4 Å². The van der Waals surface area contributed by atoms with Crippen molar-refractivity contribution < 1.29 is 4.74 Å². The highest BCUT2D eigenvalue weighted by atomic mass is 35.5. The van der Waals surface area contributed by atoms with Crippen molar-refractivity contribution in [3.05, 3.63) is 74.7 Å². The van der Waals surface area contributed by atoms with Gasteiger partial charge in [0.15, 0.2) is 0 Å². The molecule has 0 atom stereocenters. The quantitative estimate of drug-likeness (QED) is 0.684. The predicted molar refractivity (Wildman–Crippen MR) is 106 cm³/mol. The molecule has 1 N–H and O–H groups in total. The minimum absolute atomic E-state index is 0.138. The van der Waals surface area contributed by atoms with Crippen molar-refractivity contribution in [3.63, 3.8) is 0 Å². The molecule has 5 nitrogen and oxygen atoms in total. The van der Waals surface area contributed by atoms with Crippen LogP contribution < -0.4 is 10.3 Å². The van der Waals surface area contributed by atoms with Crippen molar-refractivity contribution in [2.45, 2.75) is 20.8 Å². The summed E-state index contributed by atoms with van der Waals surface area (Å²) < 4.78 is 6.67. The van der Waals surface area contributed by atoms with E-state index in [-0.39, 0.29) is 5.56 Å². The molecule has 1 aromatic heterocycles. The standard InChI is InChI=1S/C20H20ClN3O2/c1-12-11-15(21)5-10-18(12)22-13(2)19-14(3)23-24(20(19)25)16-6-8-17(26-4)9-7-16/h5-11,23H,1-4H3. The van der Waals surface area contributed by atoms with Gasteiger partial charge in [-0.3, -0.25) is 14.9 Å². The van der Waals surface area contributed by atoms with Crippen LogP contribution in [0.25, 0.3) is 5.69 Å². The molecular formula is C20H20ClN3O2. The van der Waals surface area contributed by atoms with Crippen molar-refractivity contribution in [2.75, 3.05) is 7.11 Å². The molecule has 0 aliphatic rings. The number of rotatable bonds is 4. The lowest BCUT2D eigenvalue weighted by Gasteiger charge is -2.04. The summed E-state index contributed by atoms with van der Waals surface area (Å²) in [6.45, 7) is 5.64. The summed E-state index contributed by atoms with van der Waals surface area (Å²) in [6.07, 6.45) is 0. The van der Waals surface area contributed by atoms with Gasteiger partial charge >= 0.3 is 0 Å². The second kappa shape index (κ2) is 7.22. The summed E-state index contributed by atoms with van der Waals surface area (Å²) in [6, 6.07) is 12.8. The normalized spacial score (nSPS) is 11.7. The van der Waals surface area contributed by atoms with Gasteiger partial charge in [0.25, 0.3) is 5.56 Å². The molecule has 0 saturated carbocycles. The monoisotopic (exact) mass is 369 g/mol. The zero-order valence-corrected chi connectivity index (χ0v) is 15.9. The highest BCUT2D eigenvalue weighted by Crippen LogP contribution is 2.23. The highest BCUT2D eigenvalue weighted by molar-refractivity contribution is 6.30. The largest absolute Gasteiger partial charge is 0.497 e. The summed E-state index contributed by atoms with van der Waals surface area (Å²) in [5.41, 5.74) is 4.33. The van der Waals surface area contributed by atoms with Crippen LogP contribution in [-0.4, -0.2) is 22.6 Å². The first-order valence-corrected chi connectivity index (χ1v) is 8.56. The summed E-state index contributed by atoms with van der Waals surface area (Å²) in [7, 11) is 1.61. The van der Waals surface area contributed by atoms with Crippen molar-refractivity contribution in [3.8, 4) is 11.4 Å². The minimum Gasteiger partial charge on any atom is -0.497 e. The first kappa shape index (κ1) is 18.0. The van der Waals surface area contributed by atoms with E-state index in [2.05, 4.69) is 10.1 Å². The molecule has 0 aliphatic carbocycles. The van der Waals surface area contributed by atoms with E-state index in [1.54, 1.807) is 13.2 Å². The second-order valence-corrected chi connectivity index (χ2v) is 6.51. The van der Waals surface area contributed by atoms with Gasteiger partial charge in [0.05, 0.1) is 29.8 Å². The fourth-order valence-electron chi connectivity index (χ4n) is 2.87. The maximum absolute atomic E-state index is 12.9. The molecule has 0 bridgehead atoms. The minimum atomic E-state index is -0.138. The third-order valence-electron chi connectivity index (χ3n) is 4.21. The van der Waals surface area contributed by atoms with Gasteiger partial charge in [-0.15, -0.1) is 0 Å². The van der Waals surface area contributed by atoms with Crippen LogP contribution in [0, 0.1) is 13.8 Å². The number of hydrogen-bond donors (Lipinski definition) is 1. The molecule has 0 saturated heterocycles. The van der Waals surface area contributed by atoms with Crippen LogP contribution in [0.15, 0.2) is 52.3 Å². The highest BCUT2D eigenvalue weighted by Gasteiger charge is 2.15. The number of aliphatic imine (C=N–C) groups is 1. The molecule has 1 heterocycles. The average molecular weight is 370 g/mol. The number of aryl methyl sites for hydroxylation is 2. The van der Waals surface area contributed by atoms with E-state index in [9.17, 15) is 4.79 Å². The SMILES string of the molecule is COc1ccc(-n2[nH]c(C)c(C(C)=Nc3ccc(Cl)cc3C)c2=O)cc1. The lowest BCUT2D eigenvalue weighted by Crippen LogP contribution is -2.19. The Kier molecular flexibility index (Phi) is 5.00. The Hall–Kier alpha value is -2.79. The maximum Gasteiger partial charge on any atom is 0.280 e. The molecule has 3 aromatic rings. The topological polar surface area (TPSA) is 59.4 Å². The number of ether oxygens (including phenoxy) is 1. The van der Waals surface area contributed by atoms with Gasteiger partial charge in [0.1, 0.15) is 5.75 Å². The zero-order chi connectivity index (χ0) is 18.8. The van der Waals surface area contributed by atoms with Crippen LogP contribution in [0.5, 0.6) is 5.75 Å². The van der Waals surface area contributed by atoms with Crippen molar-refractivity contribution in [1.29, 1.82) is 0 Å². The Morgan fingerprint density at radius 2 is 1.85 bits per heavy atom. The first-order valence-electron chi connectivity index (χ1n) is 8.18. The molecule has 0 radical (unpaired) electrons. The van der Waals surface area contributed by atoms with Gasteiger partial charge in [0.2, 0.25) is 0 Å². The number of hydrogen-bond acceptors (Lipinski definition) is 3. The number of aromatic nitrogens is 2. The Balaban J connectivity index is 2.04. The fraction of sp³-hybridized carbons (Fsp3) is 0.200. The van der Waals surface area contributed by atoms with Crippen LogP contribution in [0.3, 0.4) is 0 Å².